The van der Waals surface area contributed by atoms with E-state index >= 15 is 0 Å². The van der Waals surface area contributed by atoms with Crippen LogP contribution in [0.15, 0.2) is 0 Å². The van der Waals surface area contributed by atoms with Crippen LogP contribution in [0.3, 0.4) is 0 Å². The molecule has 5 nitrogen and oxygen atoms in total. The van der Waals surface area contributed by atoms with Gasteiger partial charge in [-0.2, -0.15) is 5.26 Å². The van der Waals surface area contributed by atoms with Gasteiger partial charge in [0.2, 0.25) is 0 Å². The zero-order chi connectivity index (χ0) is 15.8. The first-order chi connectivity index (χ1) is 10.1. The van der Waals surface area contributed by atoms with E-state index in [2.05, 4.69) is 30.6 Å². The largest absolute Gasteiger partial charge is 0.396 e. The van der Waals surface area contributed by atoms with Gasteiger partial charge in [-0.25, -0.2) is 0 Å². The van der Waals surface area contributed by atoms with Gasteiger partial charge in [0.15, 0.2) is 0 Å². The summed E-state index contributed by atoms with van der Waals surface area (Å²) in [6, 6.07) is 2.37. The highest BCUT2D eigenvalue weighted by Crippen LogP contribution is 2.36. The molecule has 1 rings (SSSR count). The quantitative estimate of drug-likeness (QED) is 0.687. The molecule has 116 valence electrons. The Morgan fingerprint density at radius 3 is 2.62 bits per heavy atom. The SMILES string of the molecule is CCCCC(CCC)Nc1sc(C#N)c(N)c1C(=O)NC. The van der Waals surface area contributed by atoms with Crippen molar-refractivity contribution in [2.45, 2.75) is 52.0 Å². The van der Waals surface area contributed by atoms with E-state index in [1.54, 1.807) is 7.05 Å². The zero-order valence-electron chi connectivity index (χ0n) is 13.0. The first-order valence-electron chi connectivity index (χ1n) is 7.39. The van der Waals surface area contributed by atoms with Gasteiger partial charge in [0.1, 0.15) is 15.9 Å². The minimum atomic E-state index is -0.251. The summed E-state index contributed by atoms with van der Waals surface area (Å²) in [5.74, 6) is -0.251. The van der Waals surface area contributed by atoms with Crippen LogP contribution in [0.4, 0.5) is 10.7 Å². The van der Waals surface area contributed by atoms with Crippen molar-refractivity contribution in [1.82, 2.24) is 5.32 Å². The van der Waals surface area contributed by atoms with Crippen molar-refractivity contribution in [3.8, 4) is 6.07 Å². The minimum Gasteiger partial charge on any atom is -0.396 e. The van der Waals surface area contributed by atoms with Crippen LogP contribution >= 0.6 is 11.3 Å². The predicted octanol–water partition coefficient (Wildman–Crippen LogP) is 3.33. The number of nitrogen functional groups attached to an aromatic ring is 1. The number of hydrogen-bond acceptors (Lipinski definition) is 5. The lowest BCUT2D eigenvalue weighted by Gasteiger charge is -2.19. The van der Waals surface area contributed by atoms with Crippen LogP contribution in [-0.4, -0.2) is 19.0 Å². The molecule has 0 saturated carbocycles. The maximum Gasteiger partial charge on any atom is 0.256 e. The van der Waals surface area contributed by atoms with Crippen LogP contribution in [0.5, 0.6) is 0 Å². The average Bonchev–Trinajstić information content (AvgIpc) is 2.80. The molecule has 1 atom stereocenters. The summed E-state index contributed by atoms with van der Waals surface area (Å²) in [5, 5.41) is 15.8. The lowest BCUT2D eigenvalue weighted by atomic mass is 10.1. The van der Waals surface area contributed by atoms with E-state index in [1.807, 2.05) is 0 Å². The van der Waals surface area contributed by atoms with Crippen molar-refractivity contribution >= 4 is 27.9 Å². The molecule has 1 aromatic heterocycles. The van der Waals surface area contributed by atoms with Crippen LogP contribution in [0.1, 0.15) is 61.2 Å². The van der Waals surface area contributed by atoms with Gasteiger partial charge in [-0.1, -0.05) is 33.1 Å². The zero-order valence-corrected chi connectivity index (χ0v) is 13.8. The van der Waals surface area contributed by atoms with Gasteiger partial charge in [0.05, 0.1) is 11.3 Å². The summed E-state index contributed by atoms with van der Waals surface area (Å²) >= 11 is 1.26. The lowest BCUT2D eigenvalue weighted by Crippen LogP contribution is -2.23. The van der Waals surface area contributed by atoms with Crippen LogP contribution in [0.2, 0.25) is 0 Å². The van der Waals surface area contributed by atoms with Crippen molar-refractivity contribution in [2.24, 2.45) is 0 Å². The van der Waals surface area contributed by atoms with Gasteiger partial charge in [0.25, 0.3) is 5.91 Å². The van der Waals surface area contributed by atoms with Crippen LogP contribution in [0, 0.1) is 11.3 Å². The Labute approximate surface area is 130 Å². The summed E-state index contributed by atoms with van der Waals surface area (Å²) in [6.45, 7) is 4.31. The van der Waals surface area contributed by atoms with E-state index in [0.29, 0.717) is 21.5 Å². The summed E-state index contributed by atoms with van der Waals surface area (Å²) in [4.78, 5) is 12.4. The Balaban J connectivity index is 3.04. The topological polar surface area (TPSA) is 90.9 Å². The predicted molar refractivity (Wildman–Crippen MR) is 88.7 cm³/mol. The van der Waals surface area contributed by atoms with Crippen molar-refractivity contribution in [2.75, 3.05) is 18.1 Å². The monoisotopic (exact) mass is 308 g/mol. The molecule has 1 heterocycles. The Hall–Kier alpha value is -1.74. The summed E-state index contributed by atoms with van der Waals surface area (Å²) < 4.78 is 0. The molecule has 0 radical (unpaired) electrons. The molecule has 0 aliphatic rings. The number of carbonyl (C=O) groups is 1. The Bertz CT molecular complexity index is 518. The number of nitrogens with zero attached hydrogens (tertiary/aromatic N) is 1. The van der Waals surface area contributed by atoms with E-state index < -0.39 is 0 Å². The fourth-order valence-corrected chi connectivity index (χ4v) is 3.24. The van der Waals surface area contributed by atoms with Crippen LogP contribution in [-0.2, 0) is 0 Å². The molecule has 0 spiro atoms. The molecular weight excluding hydrogens is 284 g/mol. The molecule has 1 amide bonds. The highest BCUT2D eigenvalue weighted by molar-refractivity contribution is 7.17. The summed E-state index contributed by atoms with van der Waals surface area (Å²) in [6.07, 6.45) is 5.44. The third-order valence-corrected chi connectivity index (χ3v) is 4.42. The number of nitrogens with two attached hydrogens (primary N) is 1. The fourth-order valence-electron chi connectivity index (χ4n) is 2.25. The van der Waals surface area contributed by atoms with Gasteiger partial charge >= 0.3 is 0 Å². The second kappa shape index (κ2) is 8.53. The highest BCUT2D eigenvalue weighted by Gasteiger charge is 2.22. The second-order valence-corrected chi connectivity index (χ2v) is 6.03. The van der Waals surface area contributed by atoms with Crippen molar-refractivity contribution in [3.05, 3.63) is 10.4 Å². The molecule has 0 saturated heterocycles. The number of anilines is 2. The van der Waals surface area contributed by atoms with E-state index in [-0.39, 0.29) is 11.6 Å². The number of thiophene rings is 1. The summed E-state index contributed by atoms with van der Waals surface area (Å²) in [5.41, 5.74) is 6.60. The molecule has 6 heteroatoms. The molecule has 0 bridgehead atoms. The molecule has 0 aromatic carbocycles. The minimum absolute atomic E-state index is 0.251. The highest BCUT2D eigenvalue weighted by atomic mass is 32.1. The number of unbranched alkanes of at least 4 members (excludes halogenated alkanes) is 1. The van der Waals surface area contributed by atoms with Gasteiger partial charge in [0, 0.05) is 13.1 Å². The number of nitrogens with one attached hydrogen (secondary N) is 2. The standard InChI is InChI=1S/C15H24N4OS/c1-4-6-8-10(7-5-2)19-15-12(14(20)18-3)13(17)11(9-16)21-15/h10,19H,4-8,17H2,1-3H3,(H,18,20). The van der Waals surface area contributed by atoms with Gasteiger partial charge in [-0.15, -0.1) is 11.3 Å². The number of nitriles is 1. The average molecular weight is 308 g/mol. The first-order valence-corrected chi connectivity index (χ1v) is 8.21. The number of hydrogen-bond donors (Lipinski definition) is 3. The fraction of sp³-hybridized carbons (Fsp3) is 0.600. The van der Waals surface area contributed by atoms with Crippen molar-refractivity contribution in [3.63, 3.8) is 0 Å². The van der Waals surface area contributed by atoms with E-state index in [0.717, 1.165) is 32.1 Å². The molecular formula is C15H24N4OS. The normalized spacial score (nSPS) is 11.7. The van der Waals surface area contributed by atoms with Crippen molar-refractivity contribution in [1.29, 1.82) is 5.26 Å². The van der Waals surface area contributed by atoms with Crippen LogP contribution < -0.4 is 16.4 Å². The van der Waals surface area contributed by atoms with E-state index in [9.17, 15) is 4.79 Å². The molecule has 21 heavy (non-hydrogen) atoms. The Morgan fingerprint density at radius 2 is 2.10 bits per heavy atom. The maximum absolute atomic E-state index is 12.0. The molecule has 4 N–H and O–H groups in total. The Morgan fingerprint density at radius 1 is 1.38 bits per heavy atom. The number of amides is 1. The molecule has 0 fully saturated rings. The van der Waals surface area contributed by atoms with E-state index in [1.165, 1.54) is 11.3 Å². The van der Waals surface area contributed by atoms with Gasteiger partial charge in [-0.05, 0) is 12.8 Å². The molecule has 0 aliphatic carbocycles. The molecule has 0 aliphatic heterocycles. The van der Waals surface area contributed by atoms with E-state index in [4.69, 9.17) is 11.0 Å². The second-order valence-electron chi connectivity index (χ2n) is 5.01. The molecule has 1 aromatic rings. The van der Waals surface area contributed by atoms with Crippen molar-refractivity contribution < 1.29 is 4.79 Å². The van der Waals surface area contributed by atoms with Crippen LogP contribution in [0.25, 0.3) is 0 Å². The first kappa shape index (κ1) is 17.3. The molecule has 1 unspecified atom stereocenters. The lowest BCUT2D eigenvalue weighted by molar-refractivity contribution is 0.0965. The summed E-state index contributed by atoms with van der Waals surface area (Å²) in [7, 11) is 1.57. The Kier molecular flexibility index (Phi) is 7.03. The number of carbonyl (C=O) groups excluding carboxylic acids is 1. The smallest absolute Gasteiger partial charge is 0.256 e. The van der Waals surface area contributed by atoms with Gasteiger partial charge < -0.3 is 16.4 Å². The van der Waals surface area contributed by atoms with Gasteiger partial charge in [-0.3, -0.25) is 4.79 Å². The maximum atomic E-state index is 12.0. The third-order valence-electron chi connectivity index (χ3n) is 3.38. The third kappa shape index (κ3) is 4.36. The number of rotatable bonds is 8.